The highest BCUT2D eigenvalue weighted by Crippen LogP contribution is 1.78. The number of amides is 1. The van der Waals surface area contributed by atoms with Gasteiger partial charge in [-0.2, -0.15) is 0 Å². The lowest BCUT2D eigenvalue weighted by atomic mass is 10.5. The minimum atomic E-state index is -0.804. The van der Waals surface area contributed by atoms with Gasteiger partial charge in [0.25, 0.3) is 0 Å². The second-order valence-corrected chi connectivity index (χ2v) is 1.33. The van der Waals surface area contributed by atoms with E-state index in [0.717, 1.165) is 12.2 Å². The first kappa shape index (κ1) is 8.64. The fourth-order valence-electron chi connectivity index (χ4n) is 0.262. The van der Waals surface area contributed by atoms with Crippen LogP contribution < -0.4 is 5.73 Å². The van der Waals surface area contributed by atoms with Gasteiger partial charge in [-0.25, -0.2) is 4.79 Å². The Hall–Kier alpha value is -1.36. The Bertz CT molecular complexity index is 163. The zero-order chi connectivity index (χ0) is 7.98. The van der Waals surface area contributed by atoms with Crippen molar-refractivity contribution in [1.29, 1.82) is 0 Å². The lowest BCUT2D eigenvalue weighted by molar-refractivity contribution is -0.145. The van der Waals surface area contributed by atoms with Crippen LogP contribution in [0.2, 0.25) is 0 Å². The molecule has 5 nitrogen and oxygen atoms in total. The zero-order valence-corrected chi connectivity index (χ0v) is 5.11. The molecule has 0 heterocycles. The molecule has 0 unspecified atom stereocenters. The topological polar surface area (TPSA) is 89.6 Å². The molecule has 0 saturated carbocycles. The highest BCUT2D eigenvalue weighted by Gasteiger charge is 1.93. The van der Waals surface area contributed by atoms with E-state index in [9.17, 15) is 9.59 Å². The first-order valence-electron chi connectivity index (χ1n) is 2.42. The SMILES string of the molecule is NC(=O)/C=C\C(=O)OCO. The first-order chi connectivity index (χ1) is 4.66. The normalized spacial score (nSPS) is 9.70. The van der Waals surface area contributed by atoms with Crippen LogP contribution in [0.4, 0.5) is 0 Å². The number of ether oxygens (including phenoxy) is 1. The Morgan fingerprint density at radius 3 is 2.50 bits per heavy atom. The molecule has 5 heteroatoms. The van der Waals surface area contributed by atoms with E-state index in [-0.39, 0.29) is 0 Å². The summed E-state index contributed by atoms with van der Waals surface area (Å²) in [5.41, 5.74) is 4.64. The molecule has 0 bridgehead atoms. The smallest absolute Gasteiger partial charge is 0.333 e. The number of aliphatic hydroxyl groups excluding tert-OH is 1. The van der Waals surface area contributed by atoms with Gasteiger partial charge in [-0.1, -0.05) is 0 Å². The highest BCUT2D eigenvalue weighted by molar-refractivity contribution is 5.93. The van der Waals surface area contributed by atoms with Crippen molar-refractivity contribution in [2.24, 2.45) is 5.73 Å². The van der Waals surface area contributed by atoms with Crippen LogP contribution in [0.15, 0.2) is 12.2 Å². The Balaban J connectivity index is 3.67. The van der Waals surface area contributed by atoms with E-state index in [1.54, 1.807) is 0 Å². The maximum absolute atomic E-state index is 10.3. The van der Waals surface area contributed by atoms with Gasteiger partial charge < -0.3 is 15.6 Å². The molecule has 0 rings (SSSR count). The number of aliphatic hydroxyl groups is 1. The fraction of sp³-hybridized carbons (Fsp3) is 0.200. The maximum Gasteiger partial charge on any atom is 0.333 e. The standard InChI is InChI=1S/C5H7NO4/c6-4(8)1-2-5(9)10-3-7/h1-2,7H,3H2,(H2,6,8)/b2-1-. The molecule has 10 heavy (non-hydrogen) atoms. The van der Waals surface area contributed by atoms with Crippen LogP contribution >= 0.6 is 0 Å². The molecule has 0 aromatic heterocycles. The van der Waals surface area contributed by atoms with Crippen molar-refractivity contribution in [3.63, 3.8) is 0 Å². The van der Waals surface area contributed by atoms with Gasteiger partial charge in [0.1, 0.15) is 0 Å². The summed E-state index contributed by atoms with van der Waals surface area (Å²) in [5.74, 6) is -1.55. The monoisotopic (exact) mass is 145 g/mol. The summed E-state index contributed by atoms with van der Waals surface area (Å²) in [6, 6.07) is 0. The molecular formula is C5H7NO4. The quantitative estimate of drug-likeness (QED) is 0.288. The summed E-state index contributed by atoms with van der Waals surface area (Å²) < 4.78 is 4.01. The molecule has 0 aliphatic carbocycles. The van der Waals surface area contributed by atoms with E-state index in [1.165, 1.54) is 0 Å². The minimum Gasteiger partial charge on any atom is -0.436 e. The van der Waals surface area contributed by atoms with E-state index in [0.29, 0.717) is 0 Å². The summed E-state index contributed by atoms with van der Waals surface area (Å²) in [6.07, 6.45) is 1.68. The molecule has 0 saturated heterocycles. The van der Waals surface area contributed by atoms with Gasteiger partial charge in [-0.3, -0.25) is 4.79 Å². The van der Waals surface area contributed by atoms with E-state index in [1.807, 2.05) is 0 Å². The first-order valence-corrected chi connectivity index (χ1v) is 2.42. The van der Waals surface area contributed by atoms with Crippen molar-refractivity contribution >= 4 is 11.9 Å². The maximum atomic E-state index is 10.3. The van der Waals surface area contributed by atoms with E-state index >= 15 is 0 Å². The third kappa shape index (κ3) is 4.79. The summed E-state index contributed by atoms with van der Waals surface area (Å²) >= 11 is 0. The van der Waals surface area contributed by atoms with E-state index in [4.69, 9.17) is 5.11 Å². The third-order valence-electron chi connectivity index (χ3n) is 0.590. The molecule has 0 spiro atoms. The molecule has 1 amide bonds. The molecular weight excluding hydrogens is 138 g/mol. The molecule has 0 aliphatic heterocycles. The van der Waals surface area contributed by atoms with Crippen molar-refractivity contribution in [2.75, 3.05) is 6.79 Å². The van der Waals surface area contributed by atoms with Crippen LogP contribution in [-0.2, 0) is 14.3 Å². The Morgan fingerprint density at radius 2 is 2.10 bits per heavy atom. The van der Waals surface area contributed by atoms with Crippen LogP contribution in [0.1, 0.15) is 0 Å². The molecule has 0 aliphatic rings. The number of hydrogen-bond donors (Lipinski definition) is 2. The van der Waals surface area contributed by atoms with Crippen LogP contribution in [-0.4, -0.2) is 23.8 Å². The third-order valence-corrected chi connectivity index (χ3v) is 0.590. The zero-order valence-electron chi connectivity index (χ0n) is 5.11. The van der Waals surface area contributed by atoms with Crippen LogP contribution in [0.5, 0.6) is 0 Å². The Morgan fingerprint density at radius 1 is 1.50 bits per heavy atom. The predicted molar refractivity (Wildman–Crippen MR) is 31.5 cm³/mol. The minimum absolute atomic E-state index is 0.706. The lowest BCUT2D eigenvalue weighted by Gasteiger charge is -1.91. The number of rotatable bonds is 3. The highest BCUT2D eigenvalue weighted by atomic mass is 16.6. The van der Waals surface area contributed by atoms with Gasteiger partial charge in [0.05, 0.1) is 0 Å². The largest absolute Gasteiger partial charge is 0.436 e. The summed E-state index contributed by atoms with van der Waals surface area (Å²) in [4.78, 5) is 20.2. The van der Waals surface area contributed by atoms with Crippen molar-refractivity contribution in [3.05, 3.63) is 12.2 Å². The Labute approximate surface area is 57.1 Å². The average molecular weight is 145 g/mol. The van der Waals surface area contributed by atoms with E-state index in [2.05, 4.69) is 10.5 Å². The van der Waals surface area contributed by atoms with Gasteiger partial charge in [-0.15, -0.1) is 0 Å². The van der Waals surface area contributed by atoms with Crippen molar-refractivity contribution in [2.45, 2.75) is 0 Å². The number of esters is 1. The van der Waals surface area contributed by atoms with Gasteiger partial charge >= 0.3 is 5.97 Å². The van der Waals surface area contributed by atoms with Gasteiger partial charge in [-0.05, 0) is 0 Å². The van der Waals surface area contributed by atoms with Gasteiger partial charge in [0, 0.05) is 12.2 Å². The Kier molecular flexibility index (Phi) is 3.90. The summed E-state index contributed by atoms with van der Waals surface area (Å²) in [7, 11) is 0. The van der Waals surface area contributed by atoms with Crippen LogP contribution in [0.3, 0.4) is 0 Å². The van der Waals surface area contributed by atoms with Gasteiger partial charge in [0.15, 0.2) is 6.79 Å². The number of hydrogen-bond acceptors (Lipinski definition) is 4. The lowest BCUT2D eigenvalue weighted by Crippen LogP contribution is -2.08. The molecule has 56 valence electrons. The number of carbonyl (C=O) groups excluding carboxylic acids is 2. The van der Waals surface area contributed by atoms with Crippen LogP contribution in [0.25, 0.3) is 0 Å². The summed E-state index contributed by atoms with van der Waals surface area (Å²) in [6.45, 7) is -0.706. The van der Waals surface area contributed by atoms with Crippen molar-refractivity contribution in [1.82, 2.24) is 0 Å². The van der Waals surface area contributed by atoms with Crippen LogP contribution in [0, 0.1) is 0 Å². The average Bonchev–Trinajstić information content (AvgIpc) is 1.85. The second-order valence-electron chi connectivity index (χ2n) is 1.33. The number of carbonyl (C=O) groups is 2. The molecule has 0 radical (unpaired) electrons. The molecule has 3 N–H and O–H groups in total. The molecule has 0 fully saturated rings. The fourth-order valence-corrected chi connectivity index (χ4v) is 0.262. The second kappa shape index (κ2) is 4.51. The predicted octanol–water partition coefficient (Wildman–Crippen LogP) is -1.48. The molecule has 0 atom stereocenters. The van der Waals surface area contributed by atoms with Gasteiger partial charge in [0.2, 0.25) is 5.91 Å². The molecule has 0 aromatic rings. The van der Waals surface area contributed by atoms with Crippen molar-refractivity contribution in [3.8, 4) is 0 Å². The summed E-state index contributed by atoms with van der Waals surface area (Å²) in [5, 5.41) is 8.01. The van der Waals surface area contributed by atoms with E-state index < -0.39 is 18.7 Å². The number of nitrogens with two attached hydrogens (primary N) is 1. The molecule has 0 aromatic carbocycles. The van der Waals surface area contributed by atoms with Crippen molar-refractivity contribution < 1.29 is 19.4 Å². The number of primary amides is 1.